The molecule has 5 N–H and O–H groups in total. The van der Waals surface area contributed by atoms with E-state index >= 15 is 0 Å². The minimum Gasteiger partial charge on any atom is -0.352 e. The molecule has 1 aromatic carbocycles. The Hall–Kier alpha value is -1.39. The third-order valence-corrected chi connectivity index (χ3v) is 2.34. The quantitative estimate of drug-likeness (QED) is 0.665. The molecule has 4 heteroatoms. The van der Waals surface area contributed by atoms with Crippen LogP contribution in [-0.2, 0) is 11.2 Å². The smallest absolute Gasteiger partial charge is 0.237 e. The average molecular weight is 272 g/mol. The van der Waals surface area contributed by atoms with Gasteiger partial charge in [-0.3, -0.25) is 4.79 Å². The first-order chi connectivity index (χ1) is 12.4. The lowest BCUT2D eigenvalue weighted by molar-refractivity contribution is -0.123. The molecule has 0 unspecified atom stereocenters. The monoisotopic (exact) mass is 272 g/mol. The fraction of sp³-hybridized carbons (Fsp3) is 0.533. The molecular formula is C15H25N3O. The highest BCUT2D eigenvalue weighted by atomic mass is 16.2. The number of carbonyl (C=O) groups is 1. The third-order valence-electron chi connectivity index (χ3n) is 2.34. The number of carbonyl (C=O) groups excluding carboxylic acids is 1. The van der Waals surface area contributed by atoms with E-state index in [9.17, 15) is 4.79 Å². The van der Waals surface area contributed by atoms with Gasteiger partial charge in [-0.15, -0.1) is 0 Å². The number of hydrogen-bond acceptors (Lipinski definition) is 3. The highest BCUT2D eigenvalue weighted by Crippen LogP contribution is 2.04. The summed E-state index contributed by atoms with van der Waals surface area (Å²) < 4.78 is 69.3. The summed E-state index contributed by atoms with van der Waals surface area (Å²) >= 11 is 0. The third kappa shape index (κ3) is 6.36. The number of benzene rings is 1. The largest absolute Gasteiger partial charge is 0.352 e. The maximum Gasteiger partial charge on any atom is 0.237 e. The van der Waals surface area contributed by atoms with Gasteiger partial charge in [0.1, 0.15) is 0 Å². The highest BCUT2D eigenvalue weighted by molar-refractivity contribution is 5.81. The highest BCUT2D eigenvalue weighted by Gasteiger charge is 2.15. The Morgan fingerprint density at radius 2 is 2.11 bits per heavy atom. The molecule has 0 radical (unpaired) electrons. The lowest BCUT2D eigenvalue weighted by Gasteiger charge is -2.17. The molecule has 0 bridgehead atoms. The SMILES string of the molecule is [2H]C([2H])(N)C([2H])([2H])C([2H])([2H])C([2H])([2H])[C@]([2H])(N)C(=O)N[C@@H](C)Cc1ccccc1. The van der Waals surface area contributed by atoms with Gasteiger partial charge in [0, 0.05) is 17.0 Å². The Balaban J connectivity index is 3.09. The summed E-state index contributed by atoms with van der Waals surface area (Å²) in [4.78, 5) is 12.5. The number of rotatable bonds is 8. The molecule has 1 amide bonds. The summed E-state index contributed by atoms with van der Waals surface area (Å²) in [7, 11) is 0. The number of hydrogen-bond donors (Lipinski definition) is 3. The van der Waals surface area contributed by atoms with Crippen molar-refractivity contribution in [3.8, 4) is 0 Å². The second-order valence-electron chi connectivity index (χ2n) is 4.00. The zero-order valence-corrected chi connectivity index (χ0v) is 10.7. The summed E-state index contributed by atoms with van der Waals surface area (Å²) in [5, 5.41) is 2.33. The molecule has 1 aromatic rings. The van der Waals surface area contributed by atoms with Gasteiger partial charge in [0.15, 0.2) is 0 Å². The van der Waals surface area contributed by atoms with E-state index in [0.717, 1.165) is 5.56 Å². The van der Waals surface area contributed by atoms with Crippen LogP contribution in [-0.4, -0.2) is 24.5 Å². The molecule has 106 valence electrons. The van der Waals surface area contributed by atoms with Crippen LogP contribution in [0.25, 0.3) is 0 Å². The molecule has 0 aliphatic rings. The van der Waals surface area contributed by atoms with E-state index in [4.69, 9.17) is 23.8 Å². The summed E-state index contributed by atoms with van der Waals surface area (Å²) in [5.74, 6) is -1.36. The van der Waals surface area contributed by atoms with Gasteiger partial charge in [-0.2, -0.15) is 0 Å². The Kier molecular flexibility index (Phi) is 3.13. The van der Waals surface area contributed by atoms with Gasteiger partial charge in [0.05, 0.1) is 7.39 Å². The second-order valence-corrected chi connectivity index (χ2v) is 4.00. The first-order valence-electron chi connectivity index (χ1n) is 10.3. The van der Waals surface area contributed by atoms with Crippen molar-refractivity contribution in [2.75, 3.05) is 6.50 Å². The summed E-state index contributed by atoms with van der Waals surface area (Å²) in [6.07, 6.45) is -10.6. The van der Waals surface area contributed by atoms with Crippen molar-refractivity contribution < 1.29 is 17.1 Å². The second kappa shape index (κ2) is 8.67. The van der Waals surface area contributed by atoms with Gasteiger partial charge >= 0.3 is 0 Å². The Morgan fingerprint density at radius 3 is 2.74 bits per heavy atom. The van der Waals surface area contributed by atoms with Gasteiger partial charge in [-0.25, -0.2) is 0 Å². The Morgan fingerprint density at radius 1 is 1.42 bits per heavy atom. The van der Waals surface area contributed by atoms with Gasteiger partial charge in [0.2, 0.25) is 5.91 Å². The summed E-state index contributed by atoms with van der Waals surface area (Å²) in [6, 6.07) is 5.14. The number of nitrogens with two attached hydrogens (primary N) is 2. The normalized spacial score (nSPS) is 25.5. The lowest BCUT2D eigenvalue weighted by atomic mass is 10.1. The van der Waals surface area contributed by atoms with Gasteiger partial charge in [-0.1, -0.05) is 36.7 Å². The maximum atomic E-state index is 12.5. The molecular weight excluding hydrogens is 238 g/mol. The fourth-order valence-electron chi connectivity index (χ4n) is 1.51. The van der Waals surface area contributed by atoms with Crippen molar-refractivity contribution in [3.63, 3.8) is 0 Å². The van der Waals surface area contributed by atoms with Crippen molar-refractivity contribution in [2.45, 2.75) is 44.5 Å². The Bertz CT molecular complexity index is 690. The molecule has 0 heterocycles. The number of amides is 1. The molecule has 2 atom stereocenters. The molecule has 0 saturated carbocycles. The van der Waals surface area contributed by atoms with E-state index in [1.54, 1.807) is 31.2 Å². The minimum atomic E-state index is -3.71. The van der Waals surface area contributed by atoms with Crippen LogP contribution >= 0.6 is 0 Å². The van der Waals surface area contributed by atoms with Crippen LogP contribution in [0.2, 0.25) is 0 Å². The van der Waals surface area contributed by atoms with Crippen LogP contribution in [0.15, 0.2) is 30.3 Å². The maximum absolute atomic E-state index is 12.5. The molecule has 0 fully saturated rings. The van der Waals surface area contributed by atoms with Crippen molar-refractivity contribution >= 4 is 5.91 Å². The zero-order valence-electron chi connectivity index (χ0n) is 19.7. The van der Waals surface area contributed by atoms with Gasteiger partial charge in [-0.05, 0) is 38.2 Å². The molecule has 0 spiro atoms. The van der Waals surface area contributed by atoms with Crippen molar-refractivity contribution in [2.24, 2.45) is 11.5 Å². The zero-order chi connectivity index (χ0) is 22.2. The predicted octanol–water partition coefficient (Wildman–Crippen LogP) is 1.19. The lowest BCUT2D eigenvalue weighted by Crippen LogP contribution is -2.45. The minimum absolute atomic E-state index is 0.338. The first-order valence-corrected chi connectivity index (χ1v) is 5.82. The van der Waals surface area contributed by atoms with Gasteiger partial charge in [0.25, 0.3) is 0 Å². The fourth-order valence-corrected chi connectivity index (χ4v) is 1.51. The predicted molar refractivity (Wildman–Crippen MR) is 78.6 cm³/mol. The van der Waals surface area contributed by atoms with E-state index in [-0.39, 0.29) is 0 Å². The molecule has 0 aliphatic heterocycles. The van der Waals surface area contributed by atoms with Crippen LogP contribution in [0.4, 0.5) is 0 Å². The molecule has 0 aromatic heterocycles. The van der Waals surface area contributed by atoms with E-state index in [0.29, 0.717) is 6.42 Å². The molecule has 4 nitrogen and oxygen atoms in total. The van der Waals surface area contributed by atoms with E-state index in [1.807, 2.05) is 6.07 Å². The standard InChI is InChI=1S/C15H25N3O/c1-12(11-13-7-3-2-4-8-13)18-15(19)14(17)9-5-6-10-16/h2-4,7-8,12,14H,5-6,9-11,16-17H2,1H3,(H,18,19)/t12-,14-/m0/s1/i5D2,6D2,9D2,10D2,14D. The Labute approximate surface area is 128 Å². The van der Waals surface area contributed by atoms with Crippen molar-refractivity contribution in [3.05, 3.63) is 35.9 Å². The molecule has 0 saturated heterocycles. The topological polar surface area (TPSA) is 81.1 Å². The average Bonchev–Trinajstić information content (AvgIpc) is 2.53. The van der Waals surface area contributed by atoms with Crippen LogP contribution in [0, 0.1) is 0 Å². The van der Waals surface area contributed by atoms with E-state index < -0.39 is 43.6 Å². The number of nitrogens with one attached hydrogen (secondary N) is 1. The van der Waals surface area contributed by atoms with Crippen LogP contribution < -0.4 is 16.8 Å². The van der Waals surface area contributed by atoms with E-state index in [1.165, 1.54) is 0 Å². The van der Waals surface area contributed by atoms with Crippen LogP contribution in [0.3, 0.4) is 0 Å². The molecule has 0 aliphatic carbocycles. The van der Waals surface area contributed by atoms with E-state index in [2.05, 4.69) is 5.32 Å². The summed E-state index contributed by atoms with van der Waals surface area (Å²) in [5.41, 5.74) is 11.4. The van der Waals surface area contributed by atoms with Crippen molar-refractivity contribution in [1.29, 1.82) is 0 Å². The van der Waals surface area contributed by atoms with Crippen LogP contribution in [0.5, 0.6) is 0 Å². The molecule has 1 rings (SSSR count). The van der Waals surface area contributed by atoms with Crippen LogP contribution in [0.1, 0.15) is 43.9 Å². The summed E-state index contributed by atoms with van der Waals surface area (Å²) in [6.45, 7) is -1.71. The first kappa shape index (κ1) is 6.86. The molecule has 19 heavy (non-hydrogen) atoms. The van der Waals surface area contributed by atoms with Crippen molar-refractivity contribution in [1.82, 2.24) is 5.32 Å². The van der Waals surface area contributed by atoms with Gasteiger partial charge < -0.3 is 16.8 Å².